The van der Waals surface area contributed by atoms with Crippen molar-refractivity contribution in [3.8, 4) is 0 Å². The van der Waals surface area contributed by atoms with E-state index in [4.69, 9.17) is 9.47 Å². The molecule has 0 heterocycles. The number of alkyl carbamates (subject to hydrolysis) is 2. The first-order valence-electron chi connectivity index (χ1n) is 8.70. The molecule has 2 amide bonds. The maximum atomic E-state index is 11.7. The lowest BCUT2D eigenvalue weighted by molar-refractivity contribution is 0.0527. The number of hydrogen-bond donors (Lipinski definition) is 2. The Morgan fingerprint density at radius 3 is 2.40 bits per heavy atom. The van der Waals surface area contributed by atoms with Crippen molar-refractivity contribution in [2.45, 2.75) is 65.2 Å². The van der Waals surface area contributed by atoms with Gasteiger partial charge in [-0.2, -0.15) is 0 Å². The fourth-order valence-electron chi connectivity index (χ4n) is 2.12. The van der Waals surface area contributed by atoms with Crippen molar-refractivity contribution in [2.24, 2.45) is 0 Å². The van der Waals surface area contributed by atoms with Gasteiger partial charge in [-0.25, -0.2) is 9.59 Å². The Morgan fingerprint density at radius 1 is 1.08 bits per heavy atom. The highest BCUT2D eigenvalue weighted by Crippen LogP contribution is 2.07. The zero-order chi connectivity index (χ0) is 18.7. The highest BCUT2D eigenvalue weighted by Gasteiger charge is 2.15. The first kappa shape index (κ1) is 20.8. The number of unbranched alkanes of at least 4 members (excludes halogenated alkanes) is 1. The molecule has 0 spiro atoms. The van der Waals surface area contributed by atoms with Gasteiger partial charge in [-0.1, -0.05) is 30.3 Å². The normalized spacial score (nSPS) is 12.2. The SMILES string of the molecule is C[C@H](CCCCNC(=O)OC(C)(C)C)NC(=O)OCc1ccccc1. The van der Waals surface area contributed by atoms with E-state index in [2.05, 4.69) is 10.6 Å². The molecule has 0 aliphatic rings. The number of nitrogens with one attached hydrogen (secondary N) is 2. The van der Waals surface area contributed by atoms with Crippen molar-refractivity contribution in [2.75, 3.05) is 6.54 Å². The molecule has 0 fully saturated rings. The largest absolute Gasteiger partial charge is 0.445 e. The zero-order valence-electron chi connectivity index (χ0n) is 15.6. The van der Waals surface area contributed by atoms with Gasteiger partial charge in [0.05, 0.1) is 0 Å². The molecule has 140 valence electrons. The molecule has 0 aromatic heterocycles. The van der Waals surface area contributed by atoms with Crippen LogP contribution in [0.4, 0.5) is 9.59 Å². The molecule has 0 unspecified atom stereocenters. The molecule has 6 nitrogen and oxygen atoms in total. The van der Waals surface area contributed by atoms with Crippen LogP contribution in [0.1, 0.15) is 52.5 Å². The van der Waals surface area contributed by atoms with Gasteiger partial charge < -0.3 is 20.1 Å². The topological polar surface area (TPSA) is 76.7 Å². The van der Waals surface area contributed by atoms with Gasteiger partial charge in [-0.3, -0.25) is 0 Å². The number of ether oxygens (including phenoxy) is 2. The minimum atomic E-state index is -0.484. The molecular formula is C19H30N2O4. The van der Waals surface area contributed by atoms with Crippen LogP contribution in [-0.2, 0) is 16.1 Å². The lowest BCUT2D eigenvalue weighted by Gasteiger charge is -2.19. The van der Waals surface area contributed by atoms with E-state index in [9.17, 15) is 9.59 Å². The number of carbonyl (C=O) groups excluding carboxylic acids is 2. The second-order valence-corrected chi connectivity index (χ2v) is 7.03. The summed E-state index contributed by atoms with van der Waals surface area (Å²) >= 11 is 0. The summed E-state index contributed by atoms with van der Waals surface area (Å²) in [5, 5.41) is 5.53. The van der Waals surface area contributed by atoms with E-state index in [1.165, 1.54) is 0 Å². The number of benzene rings is 1. The van der Waals surface area contributed by atoms with Gasteiger partial charge in [-0.15, -0.1) is 0 Å². The van der Waals surface area contributed by atoms with Crippen LogP contribution >= 0.6 is 0 Å². The first-order valence-corrected chi connectivity index (χ1v) is 8.70. The Balaban J connectivity index is 2.07. The highest BCUT2D eigenvalue weighted by molar-refractivity contribution is 5.67. The number of rotatable bonds is 8. The van der Waals surface area contributed by atoms with E-state index >= 15 is 0 Å². The van der Waals surface area contributed by atoms with Gasteiger partial charge in [-0.05, 0) is 52.5 Å². The summed E-state index contributed by atoms with van der Waals surface area (Å²) in [5.41, 5.74) is 0.473. The molecule has 0 radical (unpaired) electrons. The summed E-state index contributed by atoms with van der Waals surface area (Å²) in [6.07, 6.45) is 1.71. The maximum absolute atomic E-state index is 11.7. The van der Waals surface area contributed by atoms with Gasteiger partial charge in [0.2, 0.25) is 0 Å². The molecular weight excluding hydrogens is 320 g/mol. The van der Waals surface area contributed by atoms with Crippen LogP contribution in [0.2, 0.25) is 0 Å². The molecule has 1 atom stereocenters. The Hall–Kier alpha value is -2.24. The Labute approximate surface area is 150 Å². The molecule has 2 N–H and O–H groups in total. The summed E-state index contributed by atoms with van der Waals surface area (Å²) in [7, 11) is 0. The van der Waals surface area contributed by atoms with Crippen molar-refractivity contribution in [3.05, 3.63) is 35.9 Å². The van der Waals surface area contributed by atoms with E-state index in [-0.39, 0.29) is 12.6 Å². The zero-order valence-corrected chi connectivity index (χ0v) is 15.6. The fraction of sp³-hybridized carbons (Fsp3) is 0.579. The van der Waals surface area contributed by atoms with Crippen LogP contribution in [-0.4, -0.2) is 30.4 Å². The summed E-state index contributed by atoms with van der Waals surface area (Å²) in [6, 6.07) is 9.58. The number of amides is 2. The molecule has 0 saturated heterocycles. The number of hydrogen-bond acceptors (Lipinski definition) is 4. The standard InChI is InChI=1S/C19H30N2O4/c1-15(10-8-9-13-20-17(22)25-19(2,3)4)21-18(23)24-14-16-11-6-5-7-12-16/h5-7,11-12,15H,8-10,13-14H2,1-4H3,(H,20,22)(H,21,23)/t15-/m1/s1. The second kappa shape index (κ2) is 10.6. The highest BCUT2D eigenvalue weighted by atomic mass is 16.6. The average Bonchev–Trinajstić information content (AvgIpc) is 2.52. The Bertz CT molecular complexity index is 526. The first-order chi connectivity index (χ1) is 11.8. The van der Waals surface area contributed by atoms with Crippen molar-refractivity contribution in [3.63, 3.8) is 0 Å². The third-order valence-corrected chi connectivity index (χ3v) is 3.31. The smallest absolute Gasteiger partial charge is 0.407 e. The van der Waals surface area contributed by atoms with E-state index in [1.807, 2.05) is 58.0 Å². The predicted molar refractivity (Wildman–Crippen MR) is 97.3 cm³/mol. The van der Waals surface area contributed by atoms with Crippen molar-refractivity contribution in [1.29, 1.82) is 0 Å². The summed E-state index contributed by atoms with van der Waals surface area (Å²) in [5.74, 6) is 0. The maximum Gasteiger partial charge on any atom is 0.407 e. The van der Waals surface area contributed by atoms with Crippen LogP contribution in [0, 0.1) is 0 Å². The molecule has 0 aliphatic heterocycles. The van der Waals surface area contributed by atoms with Crippen LogP contribution in [0.15, 0.2) is 30.3 Å². The van der Waals surface area contributed by atoms with Crippen molar-refractivity contribution >= 4 is 12.2 Å². The quantitative estimate of drug-likeness (QED) is 0.695. The van der Waals surface area contributed by atoms with E-state index in [1.54, 1.807) is 0 Å². The van der Waals surface area contributed by atoms with Gasteiger partial charge in [0, 0.05) is 12.6 Å². The summed E-state index contributed by atoms with van der Waals surface area (Å²) in [6.45, 7) is 8.24. The van der Waals surface area contributed by atoms with E-state index in [0.717, 1.165) is 24.8 Å². The third kappa shape index (κ3) is 11.0. The summed E-state index contributed by atoms with van der Waals surface area (Å²) < 4.78 is 10.3. The third-order valence-electron chi connectivity index (χ3n) is 3.31. The van der Waals surface area contributed by atoms with Crippen LogP contribution < -0.4 is 10.6 Å². The fourth-order valence-corrected chi connectivity index (χ4v) is 2.12. The van der Waals surface area contributed by atoms with Crippen molar-refractivity contribution in [1.82, 2.24) is 10.6 Å². The van der Waals surface area contributed by atoms with Crippen LogP contribution in [0.25, 0.3) is 0 Å². The van der Waals surface area contributed by atoms with Gasteiger partial charge in [0.15, 0.2) is 0 Å². The minimum absolute atomic E-state index is 0.0183. The number of carbonyl (C=O) groups is 2. The molecule has 0 aliphatic carbocycles. The summed E-state index contributed by atoms with van der Waals surface area (Å²) in [4.78, 5) is 23.2. The van der Waals surface area contributed by atoms with Crippen molar-refractivity contribution < 1.29 is 19.1 Å². The molecule has 1 aromatic rings. The molecule has 0 bridgehead atoms. The van der Waals surface area contributed by atoms with Crippen LogP contribution in [0.5, 0.6) is 0 Å². The van der Waals surface area contributed by atoms with E-state index < -0.39 is 17.8 Å². The van der Waals surface area contributed by atoms with Gasteiger partial charge in [0.1, 0.15) is 12.2 Å². The second-order valence-electron chi connectivity index (χ2n) is 7.03. The van der Waals surface area contributed by atoms with Gasteiger partial charge in [0.25, 0.3) is 0 Å². The molecule has 25 heavy (non-hydrogen) atoms. The molecule has 0 saturated carbocycles. The van der Waals surface area contributed by atoms with E-state index in [0.29, 0.717) is 6.54 Å². The molecule has 6 heteroatoms. The molecule has 1 rings (SSSR count). The average molecular weight is 350 g/mol. The lowest BCUT2D eigenvalue weighted by atomic mass is 10.1. The monoisotopic (exact) mass is 350 g/mol. The minimum Gasteiger partial charge on any atom is -0.445 e. The molecule has 1 aromatic carbocycles. The lowest BCUT2D eigenvalue weighted by Crippen LogP contribution is -2.34. The van der Waals surface area contributed by atoms with Gasteiger partial charge >= 0.3 is 12.2 Å². The Kier molecular flexibility index (Phi) is 8.81. The van der Waals surface area contributed by atoms with Crippen LogP contribution in [0.3, 0.4) is 0 Å². The predicted octanol–water partition coefficient (Wildman–Crippen LogP) is 4.00. The Morgan fingerprint density at radius 2 is 1.76 bits per heavy atom.